The van der Waals surface area contributed by atoms with Crippen molar-refractivity contribution in [2.75, 3.05) is 24.7 Å². The average Bonchev–Trinajstić information content (AvgIpc) is 2.11. The number of thioether (sulfide) groups is 1. The summed E-state index contributed by atoms with van der Waals surface area (Å²) in [5.41, 5.74) is -0.0866. The van der Waals surface area contributed by atoms with Crippen molar-refractivity contribution in [1.82, 2.24) is 5.32 Å². The molecule has 3 heteroatoms. The van der Waals surface area contributed by atoms with E-state index >= 15 is 0 Å². The van der Waals surface area contributed by atoms with Gasteiger partial charge in [0.2, 0.25) is 0 Å². The molecule has 0 rings (SSSR count). The number of aliphatic hydroxyl groups excluding tert-OH is 1. The largest absolute Gasteiger partial charge is 0.394 e. The minimum absolute atomic E-state index is 0.0866. The first-order valence-electron chi connectivity index (χ1n) is 4.62. The van der Waals surface area contributed by atoms with Gasteiger partial charge in [0.15, 0.2) is 0 Å². The molecule has 2 N–H and O–H groups in total. The zero-order valence-corrected chi connectivity index (χ0v) is 9.21. The van der Waals surface area contributed by atoms with Crippen LogP contribution in [0.15, 0.2) is 0 Å². The van der Waals surface area contributed by atoms with Crippen molar-refractivity contribution in [2.24, 2.45) is 0 Å². The Morgan fingerprint density at radius 3 is 2.50 bits per heavy atom. The lowest BCUT2D eigenvalue weighted by molar-refractivity contribution is 0.192. The van der Waals surface area contributed by atoms with Crippen molar-refractivity contribution >= 4 is 11.8 Å². The standard InChI is InChI=1S/C9H21NOS/c1-4-6-10-9(3,7-11)8-12-5-2/h10-11H,4-8H2,1-3H3. The molecule has 0 saturated heterocycles. The lowest BCUT2D eigenvalue weighted by Crippen LogP contribution is -2.48. The van der Waals surface area contributed by atoms with Crippen molar-refractivity contribution in [2.45, 2.75) is 32.7 Å². The van der Waals surface area contributed by atoms with E-state index in [1.807, 2.05) is 11.8 Å². The minimum Gasteiger partial charge on any atom is -0.394 e. The summed E-state index contributed by atoms with van der Waals surface area (Å²) in [6.07, 6.45) is 1.12. The normalized spacial score (nSPS) is 16.0. The van der Waals surface area contributed by atoms with Crippen molar-refractivity contribution in [1.29, 1.82) is 0 Å². The second-order valence-electron chi connectivity index (χ2n) is 3.28. The van der Waals surface area contributed by atoms with Gasteiger partial charge in [-0.15, -0.1) is 0 Å². The van der Waals surface area contributed by atoms with Crippen LogP contribution in [-0.4, -0.2) is 35.3 Å². The molecule has 12 heavy (non-hydrogen) atoms. The first-order chi connectivity index (χ1) is 5.68. The Bertz CT molecular complexity index is 101. The van der Waals surface area contributed by atoms with Gasteiger partial charge in [-0.2, -0.15) is 11.8 Å². The van der Waals surface area contributed by atoms with Crippen molar-refractivity contribution in [3.05, 3.63) is 0 Å². The van der Waals surface area contributed by atoms with Crippen LogP contribution in [0.4, 0.5) is 0 Å². The molecule has 0 bridgehead atoms. The summed E-state index contributed by atoms with van der Waals surface area (Å²) in [4.78, 5) is 0. The lowest BCUT2D eigenvalue weighted by atomic mass is 10.1. The molecule has 0 aromatic carbocycles. The van der Waals surface area contributed by atoms with E-state index in [0.29, 0.717) is 0 Å². The number of rotatable bonds is 7. The number of nitrogens with one attached hydrogen (secondary N) is 1. The van der Waals surface area contributed by atoms with Crippen LogP contribution >= 0.6 is 11.8 Å². The summed E-state index contributed by atoms with van der Waals surface area (Å²) in [6.45, 7) is 7.56. The van der Waals surface area contributed by atoms with Crippen LogP contribution in [0.2, 0.25) is 0 Å². The third-order valence-electron chi connectivity index (χ3n) is 1.78. The van der Waals surface area contributed by atoms with E-state index in [2.05, 4.69) is 26.1 Å². The van der Waals surface area contributed by atoms with Crippen LogP contribution in [0.3, 0.4) is 0 Å². The topological polar surface area (TPSA) is 32.3 Å². The highest BCUT2D eigenvalue weighted by Gasteiger charge is 2.21. The van der Waals surface area contributed by atoms with Gasteiger partial charge in [0.25, 0.3) is 0 Å². The lowest BCUT2D eigenvalue weighted by Gasteiger charge is -2.28. The van der Waals surface area contributed by atoms with E-state index in [1.54, 1.807) is 0 Å². The molecule has 0 aliphatic rings. The smallest absolute Gasteiger partial charge is 0.0618 e. The molecule has 0 saturated carbocycles. The summed E-state index contributed by atoms with van der Waals surface area (Å²) >= 11 is 1.87. The molecule has 74 valence electrons. The van der Waals surface area contributed by atoms with E-state index in [4.69, 9.17) is 5.11 Å². The maximum absolute atomic E-state index is 9.16. The molecule has 0 spiro atoms. The molecular weight excluding hydrogens is 170 g/mol. The Morgan fingerprint density at radius 2 is 2.08 bits per heavy atom. The monoisotopic (exact) mass is 191 g/mol. The van der Waals surface area contributed by atoms with E-state index < -0.39 is 0 Å². The first-order valence-corrected chi connectivity index (χ1v) is 5.77. The van der Waals surface area contributed by atoms with Gasteiger partial charge in [-0.3, -0.25) is 0 Å². The quantitative estimate of drug-likeness (QED) is 0.639. The highest BCUT2D eigenvalue weighted by atomic mass is 32.2. The van der Waals surface area contributed by atoms with E-state index in [1.165, 1.54) is 0 Å². The maximum Gasteiger partial charge on any atom is 0.0618 e. The second kappa shape index (κ2) is 6.75. The van der Waals surface area contributed by atoms with Crippen LogP contribution in [0.5, 0.6) is 0 Å². The molecule has 0 aromatic heterocycles. The highest BCUT2D eigenvalue weighted by molar-refractivity contribution is 7.99. The molecule has 1 atom stereocenters. The van der Waals surface area contributed by atoms with E-state index in [0.717, 1.165) is 24.5 Å². The van der Waals surface area contributed by atoms with Crippen LogP contribution < -0.4 is 5.32 Å². The Labute approximate surface area is 80.1 Å². The van der Waals surface area contributed by atoms with Crippen LogP contribution in [-0.2, 0) is 0 Å². The molecule has 0 fully saturated rings. The van der Waals surface area contributed by atoms with Gasteiger partial charge >= 0.3 is 0 Å². The number of hydrogen-bond donors (Lipinski definition) is 2. The van der Waals surface area contributed by atoms with Gasteiger partial charge in [0.1, 0.15) is 0 Å². The van der Waals surface area contributed by atoms with Crippen molar-refractivity contribution in [3.8, 4) is 0 Å². The summed E-state index contributed by atoms with van der Waals surface area (Å²) in [7, 11) is 0. The van der Waals surface area contributed by atoms with Crippen molar-refractivity contribution < 1.29 is 5.11 Å². The molecule has 0 aliphatic carbocycles. The molecule has 0 aliphatic heterocycles. The second-order valence-corrected chi connectivity index (χ2v) is 4.56. The predicted molar refractivity (Wildman–Crippen MR) is 56.8 cm³/mol. The van der Waals surface area contributed by atoms with Gasteiger partial charge in [0.05, 0.1) is 6.61 Å². The summed E-state index contributed by atoms with van der Waals surface area (Å²) in [5.74, 6) is 2.10. The highest BCUT2D eigenvalue weighted by Crippen LogP contribution is 2.12. The fraction of sp³-hybridized carbons (Fsp3) is 1.00. The summed E-state index contributed by atoms with van der Waals surface area (Å²) in [5, 5.41) is 12.5. The van der Waals surface area contributed by atoms with E-state index in [-0.39, 0.29) is 12.1 Å². The zero-order valence-electron chi connectivity index (χ0n) is 8.39. The Morgan fingerprint density at radius 1 is 1.42 bits per heavy atom. The molecule has 0 aromatic rings. The molecule has 1 unspecified atom stereocenters. The number of aliphatic hydroxyl groups is 1. The van der Waals surface area contributed by atoms with Gasteiger partial charge < -0.3 is 10.4 Å². The van der Waals surface area contributed by atoms with Gasteiger partial charge in [-0.25, -0.2) is 0 Å². The third-order valence-corrected chi connectivity index (χ3v) is 3.03. The van der Waals surface area contributed by atoms with Crippen LogP contribution in [0, 0.1) is 0 Å². The SMILES string of the molecule is CCCNC(C)(CO)CSCC. The molecule has 0 amide bonds. The molecule has 2 nitrogen and oxygen atoms in total. The van der Waals surface area contributed by atoms with Gasteiger partial charge in [-0.1, -0.05) is 13.8 Å². The Hall–Kier alpha value is 0.270. The zero-order chi connectivity index (χ0) is 9.45. The average molecular weight is 191 g/mol. The molecular formula is C9H21NOS. The Balaban J connectivity index is 3.70. The van der Waals surface area contributed by atoms with E-state index in [9.17, 15) is 0 Å². The minimum atomic E-state index is -0.0866. The first kappa shape index (κ1) is 12.3. The Kier molecular flexibility index (Phi) is 6.90. The molecule has 0 radical (unpaired) electrons. The van der Waals surface area contributed by atoms with Gasteiger partial charge in [0, 0.05) is 11.3 Å². The van der Waals surface area contributed by atoms with Crippen LogP contribution in [0.1, 0.15) is 27.2 Å². The fourth-order valence-electron chi connectivity index (χ4n) is 0.907. The van der Waals surface area contributed by atoms with Gasteiger partial charge in [-0.05, 0) is 25.6 Å². The summed E-state index contributed by atoms with van der Waals surface area (Å²) < 4.78 is 0. The maximum atomic E-state index is 9.16. The van der Waals surface area contributed by atoms with Crippen LogP contribution in [0.25, 0.3) is 0 Å². The predicted octanol–water partition coefficient (Wildman–Crippen LogP) is 1.49. The fourth-order valence-corrected chi connectivity index (χ4v) is 1.75. The molecule has 0 heterocycles. The number of hydrogen-bond acceptors (Lipinski definition) is 3. The third kappa shape index (κ3) is 5.01. The summed E-state index contributed by atoms with van der Waals surface area (Å²) in [6, 6.07) is 0. The van der Waals surface area contributed by atoms with Crippen molar-refractivity contribution in [3.63, 3.8) is 0 Å².